The Labute approximate surface area is 159 Å². The first-order valence-corrected chi connectivity index (χ1v) is 8.54. The summed E-state index contributed by atoms with van der Waals surface area (Å²) < 4.78 is 38.1. The van der Waals surface area contributed by atoms with Gasteiger partial charge < -0.3 is 5.32 Å². The Hall–Kier alpha value is -3.48. The van der Waals surface area contributed by atoms with Gasteiger partial charge in [0.15, 0.2) is 0 Å². The number of hydrogen-bond acceptors (Lipinski definition) is 4. The van der Waals surface area contributed by atoms with Crippen LogP contribution < -0.4 is 5.32 Å². The number of hydrogen-bond donors (Lipinski definition) is 1. The van der Waals surface area contributed by atoms with Crippen molar-refractivity contribution < 1.29 is 13.2 Å². The van der Waals surface area contributed by atoms with Crippen LogP contribution >= 0.6 is 0 Å². The fraction of sp³-hybridized carbons (Fsp3) is 0.0952. The number of pyridine rings is 1. The highest BCUT2D eigenvalue weighted by Crippen LogP contribution is 2.30. The maximum atomic E-state index is 12.7. The molecule has 0 aliphatic rings. The number of nitrogens with zero attached hydrogens (tertiary/aromatic N) is 3. The van der Waals surface area contributed by atoms with Gasteiger partial charge in [0.25, 0.3) is 0 Å². The van der Waals surface area contributed by atoms with E-state index in [1.54, 1.807) is 19.2 Å². The van der Waals surface area contributed by atoms with Gasteiger partial charge >= 0.3 is 6.18 Å². The number of aryl methyl sites for hydroxylation is 1. The largest absolute Gasteiger partial charge is 0.416 e. The lowest BCUT2D eigenvalue weighted by Gasteiger charge is -2.11. The number of anilines is 2. The second kappa shape index (κ2) is 6.92. The van der Waals surface area contributed by atoms with E-state index in [1.807, 2.05) is 30.3 Å². The molecule has 28 heavy (non-hydrogen) atoms. The van der Waals surface area contributed by atoms with Gasteiger partial charge in [-0.3, -0.25) is 4.98 Å². The number of rotatable bonds is 3. The molecular weight excluding hydrogens is 365 g/mol. The van der Waals surface area contributed by atoms with E-state index in [-0.39, 0.29) is 0 Å². The van der Waals surface area contributed by atoms with Crippen LogP contribution in [-0.4, -0.2) is 15.0 Å². The molecule has 0 saturated carbocycles. The quantitative estimate of drug-likeness (QED) is 0.491. The first-order valence-electron chi connectivity index (χ1n) is 8.54. The van der Waals surface area contributed by atoms with Gasteiger partial charge in [0.05, 0.1) is 16.8 Å². The summed E-state index contributed by atoms with van der Waals surface area (Å²) in [5.74, 6) is 1.06. The van der Waals surface area contributed by atoms with Crippen molar-refractivity contribution in [3.8, 4) is 11.3 Å². The van der Waals surface area contributed by atoms with Crippen LogP contribution in [-0.2, 0) is 6.18 Å². The summed E-state index contributed by atoms with van der Waals surface area (Å²) in [4.78, 5) is 13.1. The molecule has 0 atom stereocenters. The number of alkyl halides is 3. The van der Waals surface area contributed by atoms with E-state index in [0.717, 1.165) is 28.6 Å². The number of aromatic nitrogens is 3. The van der Waals surface area contributed by atoms with E-state index >= 15 is 0 Å². The third-order valence-corrected chi connectivity index (χ3v) is 4.22. The highest BCUT2D eigenvalue weighted by atomic mass is 19.4. The zero-order valence-electron chi connectivity index (χ0n) is 14.8. The standard InChI is InChI=1S/C21H15F3N4/c1-13-26-19(15-4-9-18-14(11-15)3-2-10-25-18)12-20(27-13)28-17-7-5-16(6-8-17)21(22,23)24/h2-12H,1H3,(H,26,27,28). The van der Waals surface area contributed by atoms with E-state index in [4.69, 9.17) is 0 Å². The molecule has 0 saturated heterocycles. The smallest absolute Gasteiger partial charge is 0.340 e. The third kappa shape index (κ3) is 3.78. The van der Waals surface area contributed by atoms with Crippen molar-refractivity contribution in [2.75, 3.05) is 5.32 Å². The minimum atomic E-state index is -4.36. The number of halogens is 3. The molecule has 0 aliphatic carbocycles. The van der Waals surface area contributed by atoms with Crippen LogP contribution in [0.5, 0.6) is 0 Å². The van der Waals surface area contributed by atoms with Crippen LogP contribution in [0, 0.1) is 6.92 Å². The Morgan fingerprint density at radius 2 is 1.68 bits per heavy atom. The van der Waals surface area contributed by atoms with E-state index in [9.17, 15) is 13.2 Å². The van der Waals surface area contributed by atoms with Gasteiger partial charge in [-0.2, -0.15) is 13.2 Å². The van der Waals surface area contributed by atoms with E-state index in [2.05, 4.69) is 20.3 Å². The van der Waals surface area contributed by atoms with E-state index < -0.39 is 11.7 Å². The fourth-order valence-electron chi connectivity index (χ4n) is 2.90. The summed E-state index contributed by atoms with van der Waals surface area (Å²) in [6.07, 6.45) is -2.62. The van der Waals surface area contributed by atoms with E-state index in [1.165, 1.54) is 12.1 Å². The summed E-state index contributed by atoms with van der Waals surface area (Å²) in [7, 11) is 0. The van der Waals surface area contributed by atoms with Crippen LogP contribution in [0.2, 0.25) is 0 Å². The average molecular weight is 380 g/mol. The molecule has 2 aromatic carbocycles. The Balaban J connectivity index is 1.65. The minimum absolute atomic E-state index is 0.508. The summed E-state index contributed by atoms with van der Waals surface area (Å²) in [5, 5.41) is 4.03. The van der Waals surface area contributed by atoms with Crippen LogP contribution in [0.25, 0.3) is 22.2 Å². The second-order valence-electron chi connectivity index (χ2n) is 6.30. The second-order valence-corrected chi connectivity index (χ2v) is 6.30. The van der Waals surface area contributed by atoms with Gasteiger partial charge in [-0.05, 0) is 49.4 Å². The summed E-state index contributed by atoms with van der Waals surface area (Å²) >= 11 is 0. The molecule has 2 heterocycles. The van der Waals surface area contributed by atoms with Crippen LogP contribution in [0.3, 0.4) is 0 Å². The molecule has 0 spiro atoms. The van der Waals surface area contributed by atoms with Crippen molar-refractivity contribution in [3.63, 3.8) is 0 Å². The first kappa shape index (κ1) is 17.9. The van der Waals surface area contributed by atoms with Crippen LogP contribution in [0.15, 0.2) is 66.9 Å². The van der Waals surface area contributed by atoms with Crippen molar-refractivity contribution in [2.24, 2.45) is 0 Å². The van der Waals surface area contributed by atoms with Gasteiger partial charge in [0, 0.05) is 28.9 Å². The molecule has 0 fully saturated rings. The summed E-state index contributed by atoms with van der Waals surface area (Å²) in [5.41, 5.74) is 2.33. The Kier molecular flexibility index (Phi) is 4.43. The highest BCUT2D eigenvalue weighted by molar-refractivity contribution is 5.84. The number of benzene rings is 2. The van der Waals surface area contributed by atoms with E-state index in [0.29, 0.717) is 23.0 Å². The molecular formula is C21H15F3N4. The predicted octanol–water partition coefficient (Wildman–Crippen LogP) is 5.76. The minimum Gasteiger partial charge on any atom is -0.340 e. The molecule has 2 aromatic heterocycles. The molecule has 4 rings (SSSR count). The normalized spacial score (nSPS) is 11.6. The molecule has 0 amide bonds. The monoisotopic (exact) mass is 380 g/mol. The Morgan fingerprint density at radius 3 is 2.43 bits per heavy atom. The topological polar surface area (TPSA) is 50.7 Å². The number of fused-ring (bicyclic) bond motifs is 1. The first-order chi connectivity index (χ1) is 13.4. The van der Waals surface area contributed by atoms with Gasteiger partial charge in [-0.25, -0.2) is 9.97 Å². The summed E-state index contributed by atoms with van der Waals surface area (Å²) in [6.45, 7) is 1.77. The molecule has 7 heteroatoms. The molecule has 4 aromatic rings. The van der Waals surface area contributed by atoms with Gasteiger partial charge in [0.2, 0.25) is 0 Å². The third-order valence-electron chi connectivity index (χ3n) is 4.22. The molecule has 4 nitrogen and oxygen atoms in total. The molecule has 0 bridgehead atoms. The molecule has 0 radical (unpaired) electrons. The number of nitrogens with one attached hydrogen (secondary N) is 1. The average Bonchev–Trinajstić information content (AvgIpc) is 2.67. The van der Waals surface area contributed by atoms with Gasteiger partial charge in [0.1, 0.15) is 11.6 Å². The Morgan fingerprint density at radius 1 is 0.893 bits per heavy atom. The lowest BCUT2D eigenvalue weighted by Crippen LogP contribution is -2.04. The lowest BCUT2D eigenvalue weighted by molar-refractivity contribution is -0.137. The van der Waals surface area contributed by atoms with Crippen molar-refractivity contribution in [3.05, 3.63) is 78.2 Å². The zero-order chi connectivity index (χ0) is 19.7. The maximum Gasteiger partial charge on any atom is 0.416 e. The van der Waals surface area contributed by atoms with Crippen LogP contribution in [0.1, 0.15) is 11.4 Å². The van der Waals surface area contributed by atoms with Gasteiger partial charge in [-0.15, -0.1) is 0 Å². The highest BCUT2D eigenvalue weighted by Gasteiger charge is 2.29. The molecule has 0 aliphatic heterocycles. The van der Waals surface area contributed by atoms with Crippen LogP contribution in [0.4, 0.5) is 24.7 Å². The van der Waals surface area contributed by atoms with Crippen molar-refractivity contribution >= 4 is 22.4 Å². The summed E-state index contributed by atoms with van der Waals surface area (Å²) in [6, 6.07) is 16.3. The predicted molar refractivity (Wildman–Crippen MR) is 102 cm³/mol. The lowest BCUT2D eigenvalue weighted by atomic mass is 10.1. The van der Waals surface area contributed by atoms with Crippen molar-refractivity contribution in [1.29, 1.82) is 0 Å². The van der Waals surface area contributed by atoms with Crippen molar-refractivity contribution in [2.45, 2.75) is 13.1 Å². The fourth-order valence-corrected chi connectivity index (χ4v) is 2.90. The Bertz CT molecular complexity index is 1140. The van der Waals surface area contributed by atoms with Gasteiger partial charge in [-0.1, -0.05) is 12.1 Å². The zero-order valence-corrected chi connectivity index (χ0v) is 14.8. The molecule has 0 unspecified atom stereocenters. The molecule has 140 valence electrons. The van der Waals surface area contributed by atoms with Crippen molar-refractivity contribution in [1.82, 2.24) is 15.0 Å². The molecule has 1 N–H and O–H groups in total. The SMILES string of the molecule is Cc1nc(Nc2ccc(C(F)(F)F)cc2)cc(-c2ccc3ncccc3c2)n1. The maximum absolute atomic E-state index is 12.7.